The van der Waals surface area contributed by atoms with Crippen molar-refractivity contribution >= 4 is 11.6 Å². The molecule has 4 rings (SSSR count). The fourth-order valence-corrected chi connectivity index (χ4v) is 2.80. The molecule has 1 amide bonds. The number of nitrogens with one attached hydrogen (secondary N) is 2. The van der Waals surface area contributed by atoms with E-state index in [1.54, 1.807) is 6.07 Å². The van der Waals surface area contributed by atoms with E-state index in [1.165, 1.54) is 0 Å². The highest BCUT2D eigenvalue weighted by Crippen LogP contribution is 2.16. The summed E-state index contributed by atoms with van der Waals surface area (Å²) in [6.45, 7) is 0.556. The molecule has 0 aliphatic heterocycles. The monoisotopic (exact) mass is 346 g/mol. The molecule has 0 bridgehead atoms. The topological polar surface area (TPSA) is 88.0 Å². The average Bonchev–Trinajstić information content (AvgIpc) is 3.33. The van der Waals surface area contributed by atoms with Crippen molar-refractivity contribution in [2.45, 2.75) is 12.8 Å². The number of pyridine rings is 1. The van der Waals surface area contributed by atoms with Crippen molar-refractivity contribution < 1.29 is 4.79 Å². The molecule has 4 aromatic rings. The number of benzene rings is 1. The molecular formula is C19H18N6O. The number of hydrogen-bond acceptors (Lipinski definition) is 4. The van der Waals surface area contributed by atoms with Crippen LogP contribution in [0.5, 0.6) is 0 Å². The molecule has 0 spiro atoms. The summed E-state index contributed by atoms with van der Waals surface area (Å²) < 4.78 is 1.96. The first-order valence-electron chi connectivity index (χ1n) is 8.49. The number of aromatic amines is 1. The van der Waals surface area contributed by atoms with Crippen molar-refractivity contribution in [1.82, 2.24) is 30.1 Å². The second-order valence-electron chi connectivity index (χ2n) is 5.94. The third-order valence-electron chi connectivity index (χ3n) is 4.14. The molecule has 0 atom stereocenters. The van der Waals surface area contributed by atoms with E-state index >= 15 is 0 Å². The summed E-state index contributed by atoms with van der Waals surface area (Å²) in [6.07, 6.45) is 3.46. The quantitative estimate of drug-likeness (QED) is 0.525. The van der Waals surface area contributed by atoms with Crippen molar-refractivity contribution in [1.29, 1.82) is 0 Å². The van der Waals surface area contributed by atoms with Crippen molar-refractivity contribution in [2.24, 2.45) is 0 Å². The highest BCUT2D eigenvalue weighted by Gasteiger charge is 2.11. The maximum absolute atomic E-state index is 12.2. The van der Waals surface area contributed by atoms with E-state index in [1.807, 2.05) is 59.1 Å². The molecule has 0 fully saturated rings. The molecule has 0 saturated heterocycles. The molecule has 0 aliphatic carbocycles. The zero-order valence-electron chi connectivity index (χ0n) is 14.1. The number of aromatic nitrogens is 5. The highest BCUT2D eigenvalue weighted by atomic mass is 16.1. The fraction of sp³-hybridized carbons (Fsp3) is 0.158. The maximum atomic E-state index is 12.2. The lowest BCUT2D eigenvalue weighted by Gasteiger charge is -2.03. The van der Waals surface area contributed by atoms with Crippen molar-refractivity contribution in [2.75, 3.05) is 6.54 Å². The number of hydrogen-bond donors (Lipinski definition) is 2. The maximum Gasteiger partial charge on any atom is 0.269 e. The molecule has 3 heterocycles. The van der Waals surface area contributed by atoms with Gasteiger partial charge in [0.15, 0.2) is 5.65 Å². The molecule has 130 valence electrons. The van der Waals surface area contributed by atoms with Gasteiger partial charge in [-0.25, -0.2) is 0 Å². The molecule has 26 heavy (non-hydrogen) atoms. The summed E-state index contributed by atoms with van der Waals surface area (Å²) in [5.74, 6) is 0.730. The van der Waals surface area contributed by atoms with Gasteiger partial charge < -0.3 is 5.32 Å². The predicted molar refractivity (Wildman–Crippen MR) is 97.7 cm³/mol. The predicted octanol–water partition coefficient (Wildman–Crippen LogP) is 2.48. The number of H-pyrrole nitrogens is 1. The van der Waals surface area contributed by atoms with Crippen LogP contribution in [0.15, 0.2) is 60.8 Å². The zero-order valence-corrected chi connectivity index (χ0v) is 14.1. The normalized spacial score (nSPS) is 10.9. The Hall–Kier alpha value is -3.48. The largest absolute Gasteiger partial charge is 0.351 e. The molecule has 7 heteroatoms. The van der Waals surface area contributed by atoms with Crippen LogP contribution in [0.3, 0.4) is 0 Å². The van der Waals surface area contributed by atoms with Gasteiger partial charge in [0.25, 0.3) is 5.91 Å². The number of nitrogens with zero attached hydrogens (tertiary/aromatic N) is 4. The number of rotatable bonds is 6. The van der Waals surface area contributed by atoms with Gasteiger partial charge in [-0.3, -0.25) is 14.3 Å². The van der Waals surface area contributed by atoms with Gasteiger partial charge in [0.2, 0.25) is 0 Å². The van der Waals surface area contributed by atoms with Gasteiger partial charge in [-0.15, -0.1) is 10.2 Å². The fourth-order valence-electron chi connectivity index (χ4n) is 2.80. The molecule has 3 aromatic heterocycles. The number of carbonyl (C=O) groups is 1. The number of amides is 1. The van der Waals surface area contributed by atoms with E-state index < -0.39 is 0 Å². The molecule has 0 aliphatic rings. The first kappa shape index (κ1) is 16.0. The van der Waals surface area contributed by atoms with Crippen LogP contribution in [0.25, 0.3) is 16.9 Å². The molecule has 0 radical (unpaired) electrons. The van der Waals surface area contributed by atoms with E-state index in [0.29, 0.717) is 12.2 Å². The smallest absolute Gasteiger partial charge is 0.269 e. The van der Waals surface area contributed by atoms with Crippen LogP contribution >= 0.6 is 0 Å². The Morgan fingerprint density at radius 2 is 1.92 bits per heavy atom. The minimum absolute atomic E-state index is 0.161. The van der Waals surface area contributed by atoms with Gasteiger partial charge in [0.05, 0.1) is 5.69 Å². The average molecular weight is 346 g/mol. The molecule has 0 unspecified atom stereocenters. The van der Waals surface area contributed by atoms with Crippen molar-refractivity contribution in [3.63, 3.8) is 0 Å². The molecule has 2 N–H and O–H groups in total. The Labute approximate surface area is 150 Å². The number of fused-ring (bicyclic) bond motifs is 1. The van der Waals surface area contributed by atoms with Crippen LogP contribution in [0.2, 0.25) is 0 Å². The lowest BCUT2D eigenvalue weighted by Crippen LogP contribution is -2.25. The third-order valence-corrected chi connectivity index (χ3v) is 4.14. The summed E-state index contributed by atoms with van der Waals surface area (Å²) in [7, 11) is 0. The number of carbonyl (C=O) groups excluding carboxylic acids is 1. The van der Waals surface area contributed by atoms with E-state index in [4.69, 9.17) is 0 Å². The Morgan fingerprint density at radius 3 is 2.81 bits per heavy atom. The van der Waals surface area contributed by atoms with Crippen LogP contribution in [0, 0.1) is 0 Å². The first-order chi connectivity index (χ1) is 12.8. The SMILES string of the molecule is O=C(NCCCc1nnc2ccccn12)c1cc(-c2ccccc2)n[nH]1. The van der Waals surface area contributed by atoms with Gasteiger partial charge in [0, 0.05) is 24.7 Å². The van der Waals surface area contributed by atoms with Gasteiger partial charge in [-0.05, 0) is 24.6 Å². The summed E-state index contributed by atoms with van der Waals surface area (Å²) in [5.41, 5.74) is 3.02. The summed E-state index contributed by atoms with van der Waals surface area (Å²) in [4.78, 5) is 12.2. The highest BCUT2D eigenvalue weighted by molar-refractivity contribution is 5.93. The van der Waals surface area contributed by atoms with Crippen LogP contribution in [-0.4, -0.2) is 37.2 Å². The Balaban J connectivity index is 1.31. The third kappa shape index (κ3) is 3.32. The molecule has 7 nitrogen and oxygen atoms in total. The van der Waals surface area contributed by atoms with E-state index in [0.717, 1.165) is 35.6 Å². The lowest BCUT2D eigenvalue weighted by molar-refractivity contribution is 0.0948. The van der Waals surface area contributed by atoms with Crippen molar-refractivity contribution in [3.05, 3.63) is 72.3 Å². The minimum atomic E-state index is -0.161. The van der Waals surface area contributed by atoms with Crippen LogP contribution in [0.1, 0.15) is 22.7 Å². The van der Waals surface area contributed by atoms with E-state index in [9.17, 15) is 4.79 Å². The van der Waals surface area contributed by atoms with Gasteiger partial charge in [-0.2, -0.15) is 5.10 Å². The molecule has 0 saturated carbocycles. The van der Waals surface area contributed by atoms with Gasteiger partial charge >= 0.3 is 0 Å². The van der Waals surface area contributed by atoms with E-state index in [2.05, 4.69) is 25.7 Å². The zero-order chi connectivity index (χ0) is 17.8. The lowest BCUT2D eigenvalue weighted by atomic mass is 10.1. The molecular weight excluding hydrogens is 328 g/mol. The Bertz CT molecular complexity index is 1020. The second-order valence-corrected chi connectivity index (χ2v) is 5.94. The summed E-state index contributed by atoms with van der Waals surface area (Å²) >= 11 is 0. The van der Waals surface area contributed by atoms with Crippen LogP contribution in [0.4, 0.5) is 0 Å². The summed E-state index contributed by atoms with van der Waals surface area (Å²) in [5, 5.41) is 18.2. The summed E-state index contributed by atoms with van der Waals surface area (Å²) in [6, 6.07) is 17.3. The molecule has 1 aromatic carbocycles. The minimum Gasteiger partial charge on any atom is -0.351 e. The number of aryl methyl sites for hydroxylation is 1. The Morgan fingerprint density at radius 1 is 1.08 bits per heavy atom. The van der Waals surface area contributed by atoms with Crippen LogP contribution in [-0.2, 0) is 6.42 Å². The van der Waals surface area contributed by atoms with E-state index in [-0.39, 0.29) is 5.91 Å². The first-order valence-corrected chi connectivity index (χ1v) is 8.49. The van der Waals surface area contributed by atoms with Gasteiger partial charge in [0.1, 0.15) is 11.5 Å². The van der Waals surface area contributed by atoms with Gasteiger partial charge in [-0.1, -0.05) is 36.4 Å². The second kappa shape index (κ2) is 7.18. The standard InChI is InChI=1S/C19H18N6O/c26-19(16-13-15(21-22-16)14-7-2-1-3-8-14)20-11-6-10-18-24-23-17-9-4-5-12-25(17)18/h1-5,7-9,12-13H,6,10-11H2,(H,20,26)(H,21,22). The van der Waals surface area contributed by atoms with Crippen molar-refractivity contribution in [3.8, 4) is 11.3 Å². The Kier molecular flexibility index (Phi) is 4.42. The van der Waals surface area contributed by atoms with Crippen LogP contribution < -0.4 is 5.32 Å².